The van der Waals surface area contributed by atoms with Gasteiger partial charge in [-0.15, -0.1) is 0 Å². The molecule has 0 spiro atoms. The number of hydrogen-bond acceptors (Lipinski definition) is 3. The van der Waals surface area contributed by atoms with Gasteiger partial charge in [-0.3, -0.25) is 4.90 Å². The molecule has 3 unspecified atom stereocenters. The summed E-state index contributed by atoms with van der Waals surface area (Å²) in [6.07, 6.45) is 5.44. The smallest absolute Gasteiger partial charge is 0.0223 e. The highest BCUT2D eigenvalue weighted by Gasteiger charge is 2.34. The van der Waals surface area contributed by atoms with Gasteiger partial charge >= 0.3 is 0 Å². The number of rotatable bonds is 5. The first kappa shape index (κ1) is 13.3. The van der Waals surface area contributed by atoms with Crippen molar-refractivity contribution in [3.63, 3.8) is 0 Å². The second-order valence-electron chi connectivity index (χ2n) is 5.90. The summed E-state index contributed by atoms with van der Waals surface area (Å²) in [5.41, 5.74) is 0. The predicted octanol–water partition coefficient (Wildman–Crippen LogP) is 1.54. The molecule has 2 heterocycles. The molecule has 0 saturated carbocycles. The summed E-state index contributed by atoms with van der Waals surface area (Å²) in [7, 11) is 2.32. The van der Waals surface area contributed by atoms with Crippen molar-refractivity contribution < 1.29 is 0 Å². The maximum atomic E-state index is 3.60. The second kappa shape index (κ2) is 6.17. The van der Waals surface area contributed by atoms with E-state index in [-0.39, 0.29) is 0 Å². The van der Waals surface area contributed by atoms with Crippen LogP contribution in [-0.4, -0.2) is 61.2 Å². The first-order chi connectivity index (χ1) is 8.20. The molecular weight excluding hydrogens is 210 g/mol. The lowest BCUT2D eigenvalue weighted by Gasteiger charge is -2.26. The number of hydrogen-bond donors (Lipinski definition) is 1. The van der Waals surface area contributed by atoms with Crippen LogP contribution in [0.4, 0.5) is 0 Å². The van der Waals surface area contributed by atoms with Crippen molar-refractivity contribution in [3.8, 4) is 0 Å². The Labute approximate surface area is 107 Å². The molecule has 0 amide bonds. The third-order valence-corrected chi connectivity index (χ3v) is 4.77. The predicted molar refractivity (Wildman–Crippen MR) is 73.4 cm³/mol. The van der Waals surface area contributed by atoms with Crippen LogP contribution in [0, 0.1) is 0 Å². The van der Waals surface area contributed by atoms with Crippen LogP contribution in [0.2, 0.25) is 0 Å². The van der Waals surface area contributed by atoms with Crippen LogP contribution < -0.4 is 5.32 Å². The van der Waals surface area contributed by atoms with Gasteiger partial charge in [0.15, 0.2) is 0 Å². The van der Waals surface area contributed by atoms with E-state index in [1.165, 1.54) is 45.3 Å². The number of fused-ring (bicyclic) bond motifs is 2. The molecule has 3 nitrogen and oxygen atoms in total. The minimum atomic E-state index is 0.668. The third-order valence-electron chi connectivity index (χ3n) is 4.77. The van der Waals surface area contributed by atoms with E-state index in [0.717, 1.165) is 18.6 Å². The molecule has 2 rings (SSSR count). The highest BCUT2D eigenvalue weighted by atomic mass is 15.3. The standard InChI is InChI=1S/C14H29N3/c1-4-12(2)15-8-10-17-9-7-13-5-6-14(11-17)16(13)3/h12-15H,4-11H2,1-3H3. The molecule has 2 aliphatic rings. The van der Waals surface area contributed by atoms with Crippen molar-refractivity contribution >= 4 is 0 Å². The van der Waals surface area contributed by atoms with Crippen molar-refractivity contribution in [1.82, 2.24) is 15.1 Å². The Balaban J connectivity index is 1.72. The Morgan fingerprint density at radius 2 is 2.00 bits per heavy atom. The van der Waals surface area contributed by atoms with E-state index in [2.05, 4.69) is 36.0 Å². The number of likely N-dealkylation sites (N-methyl/N-ethyl adjacent to an activating group) is 1. The van der Waals surface area contributed by atoms with Crippen molar-refractivity contribution in [2.45, 2.75) is 57.7 Å². The fourth-order valence-corrected chi connectivity index (χ4v) is 3.20. The van der Waals surface area contributed by atoms with Crippen molar-refractivity contribution in [1.29, 1.82) is 0 Å². The summed E-state index contributed by atoms with van der Waals surface area (Å²) in [4.78, 5) is 5.29. The molecule has 3 atom stereocenters. The van der Waals surface area contributed by atoms with E-state index in [9.17, 15) is 0 Å². The number of nitrogens with one attached hydrogen (secondary N) is 1. The van der Waals surface area contributed by atoms with E-state index in [1.54, 1.807) is 0 Å². The molecule has 1 N–H and O–H groups in total. The zero-order chi connectivity index (χ0) is 12.3. The van der Waals surface area contributed by atoms with Crippen LogP contribution in [0.25, 0.3) is 0 Å². The van der Waals surface area contributed by atoms with Crippen molar-refractivity contribution in [2.75, 3.05) is 33.2 Å². The Hall–Kier alpha value is -0.120. The van der Waals surface area contributed by atoms with E-state index in [4.69, 9.17) is 0 Å². The molecule has 0 radical (unpaired) electrons. The molecule has 0 aromatic heterocycles. The zero-order valence-electron chi connectivity index (χ0n) is 11.8. The lowest BCUT2D eigenvalue weighted by molar-refractivity contribution is 0.218. The van der Waals surface area contributed by atoms with Gasteiger partial charge in [0, 0.05) is 37.8 Å². The molecule has 2 bridgehead atoms. The van der Waals surface area contributed by atoms with Crippen LogP contribution in [0.1, 0.15) is 39.5 Å². The van der Waals surface area contributed by atoms with Gasteiger partial charge in [-0.1, -0.05) is 6.92 Å². The summed E-state index contributed by atoms with van der Waals surface area (Å²) < 4.78 is 0. The molecular formula is C14H29N3. The van der Waals surface area contributed by atoms with Crippen molar-refractivity contribution in [2.24, 2.45) is 0 Å². The Morgan fingerprint density at radius 3 is 2.76 bits per heavy atom. The molecule has 0 aromatic rings. The number of likely N-dealkylation sites (tertiary alicyclic amines) is 1. The molecule has 0 aliphatic carbocycles. The first-order valence-corrected chi connectivity index (χ1v) is 7.38. The Kier molecular flexibility index (Phi) is 4.83. The van der Waals surface area contributed by atoms with E-state index in [1.807, 2.05) is 0 Å². The minimum absolute atomic E-state index is 0.668. The largest absolute Gasteiger partial charge is 0.313 e. The molecule has 100 valence electrons. The van der Waals surface area contributed by atoms with Crippen LogP contribution >= 0.6 is 0 Å². The monoisotopic (exact) mass is 239 g/mol. The maximum Gasteiger partial charge on any atom is 0.0223 e. The average Bonchev–Trinajstić information content (AvgIpc) is 2.56. The van der Waals surface area contributed by atoms with Gasteiger partial charge in [-0.05, 0) is 46.2 Å². The lowest BCUT2D eigenvalue weighted by Crippen LogP contribution is -2.40. The van der Waals surface area contributed by atoms with Gasteiger partial charge in [0.25, 0.3) is 0 Å². The van der Waals surface area contributed by atoms with Crippen molar-refractivity contribution in [3.05, 3.63) is 0 Å². The van der Waals surface area contributed by atoms with Gasteiger partial charge < -0.3 is 10.2 Å². The fourth-order valence-electron chi connectivity index (χ4n) is 3.20. The SMILES string of the molecule is CCC(C)NCCN1CCC2CCC(C1)N2C. The topological polar surface area (TPSA) is 18.5 Å². The third kappa shape index (κ3) is 3.43. The van der Waals surface area contributed by atoms with Crippen LogP contribution in [-0.2, 0) is 0 Å². The highest BCUT2D eigenvalue weighted by molar-refractivity contribution is 4.91. The summed E-state index contributed by atoms with van der Waals surface area (Å²) in [6, 6.07) is 2.36. The van der Waals surface area contributed by atoms with Gasteiger partial charge in [0.1, 0.15) is 0 Å². The lowest BCUT2D eigenvalue weighted by atomic mass is 10.1. The molecule has 2 fully saturated rings. The highest BCUT2D eigenvalue weighted by Crippen LogP contribution is 2.28. The molecule has 2 saturated heterocycles. The van der Waals surface area contributed by atoms with E-state index < -0.39 is 0 Å². The van der Waals surface area contributed by atoms with Crippen LogP contribution in [0.15, 0.2) is 0 Å². The molecule has 0 aromatic carbocycles. The summed E-state index contributed by atoms with van der Waals surface area (Å²) in [6.45, 7) is 9.48. The van der Waals surface area contributed by atoms with Gasteiger partial charge in [-0.25, -0.2) is 0 Å². The first-order valence-electron chi connectivity index (χ1n) is 7.38. The molecule has 3 heteroatoms. The Bertz CT molecular complexity index is 232. The molecule has 17 heavy (non-hydrogen) atoms. The van der Waals surface area contributed by atoms with Gasteiger partial charge in [-0.2, -0.15) is 0 Å². The van der Waals surface area contributed by atoms with E-state index >= 15 is 0 Å². The average molecular weight is 239 g/mol. The zero-order valence-corrected chi connectivity index (χ0v) is 11.8. The Morgan fingerprint density at radius 1 is 1.24 bits per heavy atom. The maximum absolute atomic E-state index is 3.60. The normalized spacial score (nSPS) is 32.6. The van der Waals surface area contributed by atoms with Gasteiger partial charge in [0.2, 0.25) is 0 Å². The quantitative estimate of drug-likeness (QED) is 0.785. The fraction of sp³-hybridized carbons (Fsp3) is 1.00. The summed E-state index contributed by atoms with van der Waals surface area (Å²) in [5.74, 6) is 0. The summed E-state index contributed by atoms with van der Waals surface area (Å²) in [5, 5.41) is 3.60. The van der Waals surface area contributed by atoms with E-state index in [0.29, 0.717) is 6.04 Å². The summed E-state index contributed by atoms with van der Waals surface area (Å²) >= 11 is 0. The van der Waals surface area contributed by atoms with Crippen LogP contribution in [0.5, 0.6) is 0 Å². The second-order valence-corrected chi connectivity index (χ2v) is 5.90. The molecule has 2 aliphatic heterocycles. The van der Waals surface area contributed by atoms with Gasteiger partial charge in [0.05, 0.1) is 0 Å². The minimum Gasteiger partial charge on any atom is -0.313 e. The number of nitrogens with zero attached hydrogens (tertiary/aromatic N) is 2. The van der Waals surface area contributed by atoms with Crippen LogP contribution in [0.3, 0.4) is 0 Å².